The number of amides is 2. The van der Waals surface area contributed by atoms with Crippen LogP contribution in [-0.2, 0) is 14.3 Å². The predicted molar refractivity (Wildman–Crippen MR) is 93.2 cm³/mol. The Kier molecular flexibility index (Phi) is 6.61. The summed E-state index contributed by atoms with van der Waals surface area (Å²) in [6.45, 7) is 1.30. The number of aryl methyl sites for hydroxylation is 1. The molecule has 134 valence electrons. The average Bonchev–Trinajstić information content (AvgIpc) is 2.64. The van der Waals surface area contributed by atoms with Gasteiger partial charge in [0.2, 0.25) is 0 Å². The van der Waals surface area contributed by atoms with E-state index in [1.807, 2.05) is 6.92 Å². The minimum Gasteiger partial charge on any atom is -0.452 e. The Morgan fingerprint density at radius 2 is 1.73 bits per heavy atom. The van der Waals surface area contributed by atoms with E-state index in [4.69, 9.17) is 4.74 Å². The first-order chi connectivity index (χ1) is 12.5. The second-order valence-electron chi connectivity index (χ2n) is 5.33. The molecule has 6 nitrogen and oxygen atoms in total. The molecular weight excluding hydrogens is 339 g/mol. The molecule has 0 fully saturated rings. The van der Waals surface area contributed by atoms with Gasteiger partial charge in [-0.25, -0.2) is 9.18 Å². The summed E-state index contributed by atoms with van der Waals surface area (Å²) in [5, 5.41) is 0. The number of ether oxygens (including phenoxy) is 1. The minimum absolute atomic E-state index is 0.222. The molecule has 0 aliphatic heterocycles. The fourth-order valence-corrected chi connectivity index (χ4v) is 1.89. The van der Waals surface area contributed by atoms with Crippen LogP contribution < -0.4 is 10.9 Å². The molecule has 0 heterocycles. The second kappa shape index (κ2) is 9.12. The molecule has 0 bridgehead atoms. The summed E-state index contributed by atoms with van der Waals surface area (Å²) in [5.41, 5.74) is 5.94. The topological polar surface area (TPSA) is 84.5 Å². The van der Waals surface area contributed by atoms with Gasteiger partial charge >= 0.3 is 5.97 Å². The van der Waals surface area contributed by atoms with Crippen LogP contribution >= 0.6 is 0 Å². The third-order valence-corrected chi connectivity index (χ3v) is 3.28. The number of halogens is 1. The van der Waals surface area contributed by atoms with Crippen LogP contribution in [0.3, 0.4) is 0 Å². The first kappa shape index (κ1) is 18.9. The van der Waals surface area contributed by atoms with E-state index >= 15 is 0 Å². The molecule has 0 radical (unpaired) electrons. The van der Waals surface area contributed by atoms with Crippen molar-refractivity contribution in [3.63, 3.8) is 0 Å². The Morgan fingerprint density at radius 3 is 2.42 bits per heavy atom. The quantitative estimate of drug-likeness (QED) is 0.488. The van der Waals surface area contributed by atoms with Crippen LogP contribution in [0.4, 0.5) is 4.39 Å². The molecule has 2 amide bonds. The Bertz CT molecular complexity index is 832. The number of carbonyl (C=O) groups is 3. The van der Waals surface area contributed by atoms with E-state index < -0.39 is 30.2 Å². The highest BCUT2D eigenvalue weighted by molar-refractivity contribution is 5.95. The molecule has 7 heteroatoms. The Morgan fingerprint density at radius 1 is 1.04 bits per heavy atom. The fraction of sp³-hybridized carbons (Fsp3) is 0.105. The van der Waals surface area contributed by atoms with E-state index in [1.54, 1.807) is 30.3 Å². The number of hydrazine groups is 1. The highest BCUT2D eigenvalue weighted by Crippen LogP contribution is 2.08. The largest absolute Gasteiger partial charge is 0.452 e. The van der Waals surface area contributed by atoms with Gasteiger partial charge in [-0.3, -0.25) is 20.4 Å². The zero-order valence-corrected chi connectivity index (χ0v) is 14.0. The Labute approximate surface area is 149 Å². The Balaban J connectivity index is 1.74. The van der Waals surface area contributed by atoms with Gasteiger partial charge in [0.05, 0.1) is 0 Å². The lowest BCUT2D eigenvalue weighted by Gasteiger charge is -2.07. The smallest absolute Gasteiger partial charge is 0.331 e. The maximum Gasteiger partial charge on any atom is 0.331 e. The van der Waals surface area contributed by atoms with Crippen molar-refractivity contribution in [2.24, 2.45) is 0 Å². The molecule has 2 rings (SSSR count). The monoisotopic (exact) mass is 356 g/mol. The van der Waals surface area contributed by atoms with Crippen molar-refractivity contribution < 1.29 is 23.5 Å². The molecule has 2 aromatic carbocycles. The van der Waals surface area contributed by atoms with E-state index in [-0.39, 0.29) is 5.56 Å². The van der Waals surface area contributed by atoms with E-state index in [0.29, 0.717) is 5.56 Å². The molecule has 26 heavy (non-hydrogen) atoms. The third-order valence-electron chi connectivity index (χ3n) is 3.28. The normalized spacial score (nSPS) is 10.4. The number of nitrogens with one attached hydrogen (secondary N) is 2. The lowest BCUT2D eigenvalue weighted by atomic mass is 10.1. The summed E-state index contributed by atoms with van der Waals surface area (Å²) in [7, 11) is 0. The maximum absolute atomic E-state index is 13.4. The van der Waals surface area contributed by atoms with Gasteiger partial charge in [-0.2, -0.15) is 0 Å². The summed E-state index contributed by atoms with van der Waals surface area (Å²) in [6, 6.07) is 12.7. The van der Waals surface area contributed by atoms with Crippen molar-refractivity contribution in [1.29, 1.82) is 0 Å². The summed E-state index contributed by atoms with van der Waals surface area (Å²) in [4.78, 5) is 34.9. The molecule has 0 saturated heterocycles. The van der Waals surface area contributed by atoms with Gasteiger partial charge in [0.15, 0.2) is 6.61 Å². The lowest BCUT2D eigenvalue weighted by molar-refractivity contribution is -0.144. The van der Waals surface area contributed by atoms with Gasteiger partial charge in [-0.1, -0.05) is 35.9 Å². The summed E-state index contributed by atoms with van der Waals surface area (Å²) in [6.07, 6.45) is 2.26. The minimum atomic E-state index is -0.812. The number of rotatable bonds is 5. The summed E-state index contributed by atoms with van der Waals surface area (Å²) in [5.74, 6) is -2.50. The Hall–Kier alpha value is -3.48. The third kappa shape index (κ3) is 5.86. The average molecular weight is 356 g/mol. The van der Waals surface area contributed by atoms with Crippen molar-refractivity contribution in [2.45, 2.75) is 6.92 Å². The maximum atomic E-state index is 13.4. The molecule has 0 aliphatic carbocycles. The van der Waals surface area contributed by atoms with E-state index in [1.165, 1.54) is 24.3 Å². The first-order valence-electron chi connectivity index (χ1n) is 7.71. The molecule has 0 aliphatic rings. The molecule has 2 N–H and O–H groups in total. The van der Waals surface area contributed by atoms with Crippen molar-refractivity contribution >= 4 is 23.9 Å². The van der Waals surface area contributed by atoms with E-state index in [2.05, 4.69) is 10.9 Å². The van der Waals surface area contributed by atoms with Crippen LogP contribution in [0.25, 0.3) is 6.08 Å². The van der Waals surface area contributed by atoms with E-state index in [9.17, 15) is 18.8 Å². The van der Waals surface area contributed by atoms with Crippen LogP contribution in [0.1, 0.15) is 21.5 Å². The number of benzene rings is 2. The fourth-order valence-electron chi connectivity index (χ4n) is 1.89. The van der Waals surface area contributed by atoms with Crippen molar-refractivity contribution in [3.8, 4) is 0 Å². The van der Waals surface area contributed by atoms with Crippen molar-refractivity contribution in [1.82, 2.24) is 10.9 Å². The van der Waals surface area contributed by atoms with E-state index in [0.717, 1.165) is 11.6 Å². The summed E-state index contributed by atoms with van der Waals surface area (Å²) >= 11 is 0. The zero-order valence-electron chi connectivity index (χ0n) is 14.0. The van der Waals surface area contributed by atoms with Crippen LogP contribution in [0.5, 0.6) is 0 Å². The van der Waals surface area contributed by atoms with Crippen LogP contribution in [0, 0.1) is 12.7 Å². The van der Waals surface area contributed by atoms with Gasteiger partial charge in [0.1, 0.15) is 5.82 Å². The van der Waals surface area contributed by atoms with Crippen LogP contribution in [-0.4, -0.2) is 24.4 Å². The highest BCUT2D eigenvalue weighted by atomic mass is 19.1. The first-order valence-corrected chi connectivity index (χ1v) is 7.71. The molecule has 0 unspecified atom stereocenters. The standard InChI is InChI=1S/C19H17FN2O4/c1-13-6-8-15(9-7-13)19(25)22-21-17(23)12-26-18(24)11-10-14-4-2-3-5-16(14)20/h2-11H,12H2,1H3,(H,21,23)(H,22,25)/b11-10+. The van der Waals surface area contributed by atoms with Gasteiger partial charge in [-0.05, 0) is 31.2 Å². The van der Waals surface area contributed by atoms with Gasteiger partial charge in [0.25, 0.3) is 11.8 Å². The molecule has 0 atom stereocenters. The predicted octanol–water partition coefficient (Wildman–Crippen LogP) is 2.15. The second-order valence-corrected chi connectivity index (χ2v) is 5.33. The number of esters is 1. The van der Waals surface area contributed by atoms with Gasteiger partial charge < -0.3 is 4.74 Å². The van der Waals surface area contributed by atoms with Gasteiger partial charge in [-0.15, -0.1) is 0 Å². The molecular formula is C19H17FN2O4. The highest BCUT2D eigenvalue weighted by Gasteiger charge is 2.08. The lowest BCUT2D eigenvalue weighted by Crippen LogP contribution is -2.43. The van der Waals surface area contributed by atoms with Gasteiger partial charge in [0, 0.05) is 17.2 Å². The van der Waals surface area contributed by atoms with Crippen molar-refractivity contribution in [3.05, 3.63) is 77.1 Å². The van der Waals surface area contributed by atoms with Crippen molar-refractivity contribution in [2.75, 3.05) is 6.61 Å². The zero-order chi connectivity index (χ0) is 18.9. The van der Waals surface area contributed by atoms with Crippen LogP contribution in [0.15, 0.2) is 54.6 Å². The number of hydrogen-bond donors (Lipinski definition) is 2. The molecule has 0 saturated carbocycles. The number of carbonyl (C=O) groups excluding carboxylic acids is 3. The van der Waals surface area contributed by atoms with Crippen LogP contribution in [0.2, 0.25) is 0 Å². The number of hydrogen-bond acceptors (Lipinski definition) is 4. The molecule has 0 spiro atoms. The summed E-state index contributed by atoms with van der Waals surface area (Å²) < 4.78 is 18.1. The SMILES string of the molecule is Cc1ccc(C(=O)NNC(=O)COC(=O)/C=C/c2ccccc2F)cc1. The molecule has 0 aromatic heterocycles. The molecule has 2 aromatic rings.